The van der Waals surface area contributed by atoms with Crippen LogP contribution in [0.5, 0.6) is 0 Å². The van der Waals surface area contributed by atoms with Crippen molar-refractivity contribution in [2.45, 2.75) is 13.2 Å². The Balaban J connectivity index is 1.50. The van der Waals surface area contributed by atoms with Crippen LogP contribution in [-0.2, 0) is 0 Å². The molecule has 0 aliphatic carbocycles. The first-order valence-corrected chi connectivity index (χ1v) is 15.4. The van der Waals surface area contributed by atoms with E-state index in [-0.39, 0.29) is 14.2 Å². The van der Waals surface area contributed by atoms with Crippen molar-refractivity contribution in [3.8, 4) is 0 Å². The van der Waals surface area contributed by atoms with Crippen LogP contribution in [0.2, 0.25) is 0 Å². The lowest BCUT2D eigenvalue weighted by Gasteiger charge is -2.57. The molecule has 1 atom stereocenters. The molecule has 1 unspecified atom stereocenters. The van der Waals surface area contributed by atoms with Crippen LogP contribution in [0.3, 0.4) is 0 Å². The van der Waals surface area contributed by atoms with E-state index in [1.54, 1.807) is 0 Å². The summed E-state index contributed by atoms with van der Waals surface area (Å²) in [5.41, 5.74) is 6.20. The fraction of sp³-hybridized carbons (Fsp3) is 0.0857. The predicted molar refractivity (Wildman–Crippen MR) is 191 cm³/mol. The number of aliphatic hydroxyl groups excluding tert-OH is 1. The van der Waals surface area contributed by atoms with Gasteiger partial charge in [-0.3, -0.25) is 4.81 Å². The highest BCUT2D eigenvalue weighted by Crippen LogP contribution is 2.36. The SMILES string of the molecule is CC1=CC(O)N(B2N(c3ccccc3)B(Nc3ccccc3)N(c3ccccc3)B(Nc3ccccc3)N2c2ccccc2)C1. The van der Waals surface area contributed by atoms with Crippen LogP contribution in [0.4, 0.5) is 28.4 Å². The molecule has 3 N–H and O–H groups in total. The number of aliphatic hydroxyl groups is 1. The lowest BCUT2D eigenvalue weighted by Crippen LogP contribution is -2.86. The van der Waals surface area contributed by atoms with Crippen LogP contribution in [-0.4, -0.2) is 44.0 Å². The minimum atomic E-state index is -0.759. The smallest absolute Gasteiger partial charge is 0.391 e. The van der Waals surface area contributed by atoms with E-state index in [1.165, 1.54) is 0 Å². The van der Waals surface area contributed by atoms with E-state index >= 15 is 0 Å². The number of hydrogen-bond donors (Lipinski definition) is 3. The number of nitrogens with zero attached hydrogens (tertiary/aromatic N) is 4. The van der Waals surface area contributed by atoms with E-state index in [9.17, 15) is 5.11 Å². The molecule has 5 aromatic carbocycles. The minimum Gasteiger partial charge on any atom is -0.391 e. The molecule has 2 aliphatic rings. The minimum absolute atomic E-state index is 0.378. The van der Waals surface area contributed by atoms with Crippen molar-refractivity contribution in [1.29, 1.82) is 0 Å². The van der Waals surface area contributed by atoms with Gasteiger partial charge >= 0.3 is 21.4 Å². The molecule has 220 valence electrons. The average Bonchev–Trinajstić information content (AvgIpc) is 3.43. The van der Waals surface area contributed by atoms with Gasteiger partial charge in [0.15, 0.2) is 0 Å². The van der Waals surface area contributed by atoms with Gasteiger partial charge in [0, 0.05) is 35.0 Å². The maximum Gasteiger partial charge on any atom is 0.481 e. The molecule has 7 rings (SSSR count). The molecule has 0 radical (unpaired) electrons. The second kappa shape index (κ2) is 12.9. The molecule has 2 heterocycles. The van der Waals surface area contributed by atoms with E-state index in [0.29, 0.717) is 6.54 Å². The molecular weight excluding hydrogens is 553 g/mol. The number of benzene rings is 5. The Hall–Kier alpha value is -5.05. The highest BCUT2D eigenvalue weighted by molar-refractivity contribution is 7.06. The third-order valence-corrected chi connectivity index (χ3v) is 8.36. The number of anilines is 5. The van der Waals surface area contributed by atoms with Gasteiger partial charge in [-0.2, -0.15) is 0 Å². The third kappa shape index (κ3) is 5.90. The van der Waals surface area contributed by atoms with Crippen LogP contribution in [0.1, 0.15) is 6.92 Å². The van der Waals surface area contributed by atoms with E-state index in [1.807, 2.05) is 30.3 Å². The standard InChI is InChI=1S/C35H35B3N6O/c1-29-27-35(45)41(28-29)38-43(33-23-13-5-14-24-33)36(39-30-17-7-2-8-18-30)42(32-21-11-4-12-22-32)37(40-31-19-9-3-10-20-31)44(38)34-25-15-6-16-26-34/h2-27,35,39-40,45H,28H2,1H3. The molecule has 0 amide bonds. The lowest BCUT2D eigenvalue weighted by molar-refractivity contribution is 0.121. The van der Waals surface area contributed by atoms with Crippen molar-refractivity contribution < 1.29 is 5.11 Å². The molecule has 2 aliphatic heterocycles. The van der Waals surface area contributed by atoms with Crippen LogP contribution >= 0.6 is 0 Å². The first kappa shape index (κ1) is 28.7. The molecule has 1 fully saturated rings. The molecule has 5 aromatic rings. The summed E-state index contributed by atoms with van der Waals surface area (Å²) in [4.78, 5) is 2.16. The van der Waals surface area contributed by atoms with Crippen molar-refractivity contribution in [1.82, 2.24) is 4.81 Å². The molecule has 10 heteroatoms. The highest BCUT2D eigenvalue weighted by Gasteiger charge is 2.59. The molecule has 0 bridgehead atoms. The Morgan fingerprint density at radius 1 is 0.533 bits per heavy atom. The molecule has 0 aromatic heterocycles. The predicted octanol–water partition coefficient (Wildman–Crippen LogP) is 6.28. The van der Waals surface area contributed by atoms with Gasteiger partial charge in [0.1, 0.15) is 6.23 Å². The molecule has 7 nitrogen and oxygen atoms in total. The quantitative estimate of drug-likeness (QED) is 0.146. The van der Waals surface area contributed by atoms with Gasteiger partial charge in [-0.1, -0.05) is 96.6 Å². The Morgan fingerprint density at radius 3 is 1.24 bits per heavy atom. The average molecular weight is 588 g/mol. The van der Waals surface area contributed by atoms with Crippen LogP contribution < -0.4 is 24.6 Å². The fourth-order valence-electron chi connectivity index (χ4n) is 6.39. The molecular formula is C35H35B3N6O. The monoisotopic (exact) mass is 588 g/mol. The molecule has 0 saturated carbocycles. The zero-order valence-electron chi connectivity index (χ0n) is 25.3. The number of rotatable bonds is 8. The van der Waals surface area contributed by atoms with E-state index in [4.69, 9.17) is 0 Å². The molecule has 45 heavy (non-hydrogen) atoms. The van der Waals surface area contributed by atoms with Crippen molar-refractivity contribution >= 4 is 49.8 Å². The zero-order valence-corrected chi connectivity index (χ0v) is 25.3. The van der Waals surface area contributed by atoms with Gasteiger partial charge < -0.3 is 29.7 Å². The van der Waals surface area contributed by atoms with Crippen molar-refractivity contribution in [2.24, 2.45) is 0 Å². The number of hydrogen-bond acceptors (Lipinski definition) is 7. The summed E-state index contributed by atoms with van der Waals surface area (Å²) < 4.78 is 7.15. The zero-order chi connectivity index (χ0) is 30.6. The Labute approximate surface area is 266 Å². The van der Waals surface area contributed by atoms with Crippen molar-refractivity contribution in [2.75, 3.05) is 31.2 Å². The molecule has 0 spiro atoms. The highest BCUT2D eigenvalue weighted by atomic mass is 16.3. The van der Waals surface area contributed by atoms with E-state index in [0.717, 1.165) is 34.0 Å². The summed E-state index contributed by atoms with van der Waals surface area (Å²) >= 11 is 0. The second-order valence-electron chi connectivity index (χ2n) is 11.4. The summed E-state index contributed by atoms with van der Waals surface area (Å²) in [5, 5.41) is 19.4. The van der Waals surface area contributed by atoms with Gasteiger partial charge in [-0.05, 0) is 73.7 Å². The maximum absolute atomic E-state index is 11.6. The Bertz CT molecular complexity index is 1610. The normalized spacial score (nSPS) is 17.0. The molecule has 1 saturated heterocycles. The van der Waals surface area contributed by atoms with Crippen LogP contribution in [0.25, 0.3) is 0 Å². The van der Waals surface area contributed by atoms with Gasteiger partial charge in [0.25, 0.3) is 0 Å². The second-order valence-corrected chi connectivity index (χ2v) is 11.4. The van der Waals surface area contributed by atoms with Gasteiger partial charge in [0.2, 0.25) is 0 Å². The number of para-hydroxylation sites is 5. The number of nitrogens with one attached hydrogen (secondary N) is 2. The van der Waals surface area contributed by atoms with Gasteiger partial charge in [0.05, 0.1) is 0 Å². The van der Waals surface area contributed by atoms with Crippen LogP contribution in [0, 0.1) is 0 Å². The fourth-order valence-corrected chi connectivity index (χ4v) is 6.39. The Kier molecular flexibility index (Phi) is 8.23. The largest absolute Gasteiger partial charge is 0.481 e. The first-order valence-electron chi connectivity index (χ1n) is 15.4. The van der Waals surface area contributed by atoms with Crippen molar-refractivity contribution in [3.63, 3.8) is 0 Å². The first-order chi connectivity index (χ1) is 22.2. The summed E-state index contributed by atoms with van der Waals surface area (Å²) in [6.07, 6.45) is 1.19. The van der Waals surface area contributed by atoms with Gasteiger partial charge in [-0.15, -0.1) is 0 Å². The topological polar surface area (TPSA) is 57.3 Å². The third-order valence-electron chi connectivity index (χ3n) is 8.36. The maximum atomic E-state index is 11.6. The lowest BCUT2D eigenvalue weighted by atomic mass is 9.53. The summed E-state index contributed by atoms with van der Waals surface area (Å²) in [7, 11) is -1.16. The summed E-state index contributed by atoms with van der Waals surface area (Å²) in [6.45, 7) is 2.71. The van der Waals surface area contributed by atoms with E-state index in [2.05, 4.69) is 164 Å². The summed E-state index contributed by atoms with van der Waals surface area (Å²) in [6, 6.07) is 52.1. The Morgan fingerprint density at radius 2 is 0.889 bits per heavy atom. The van der Waals surface area contributed by atoms with Crippen molar-refractivity contribution in [3.05, 3.63) is 163 Å². The van der Waals surface area contributed by atoms with Crippen LogP contribution in [0.15, 0.2) is 163 Å². The van der Waals surface area contributed by atoms with Gasteiger partial charge in [-0.25, -0.2) is 0 Å². The summed E-state index contributed by atoms with van der Waals surface area (Å²) in [5.74, 6) is 0. The van der Waals surface area contributed by atoms with E-state index < -0.39 is 13.3 Å².